The fourth-order valence-electron chi connectivity index (χ4n) is 0.720. The van der Waals surface area contributed by atoms with E-state index < -0.39 is 0 Å². The Labute approximate surface area is 71.8 Å². The molecule has 1 rings (SSSR count). The molecule has 0 radical (unpaired) electrons. The molecule has 0 saturated carbocycles. The maximum absolute atomic E-state index is 3.97. The van der Waals surface area contributed by atoms with Gasteiger partial charge in [0.15, 0.2) is 0 Å². The Balaban J connectivity index is 2.25. The van der Waals surface area contributed by atoms with Crippen molar-refractivity contribution in [2.24, 2.45) is 0 Å². The first-order valence-corrected chi connectivity index (χ1v) is 3.81. The minimum Gasteiger partial charge on any atom is -0.352 e. The van der Waals surface area contributed by atoms with Crippen molar-refractivity contribution in [2.75, 3.05) is 32.5 Å². The summed E-state index contributed by atoms with van der Waals surface area (Å²) in [5.41, 5.74) is 0. The molecule has 0 atom stereocenters. The Hall–Kier alpha value is -1.23. The van der Waals surface area contributed by atoms with Gasteiger partial charge in [-0.25, -0.2) is 4.98 Å². The minimum atomic E-state index is 0.583. The molecule has 1 N–H and O–H groups in total. The van der Waals surface area contributed by atoms with Crippen LogP contribution in [0.4, 0.5) is 5.95 Å². The number of nitrogens with one attached hydrogen (secondary N) is 1. The lowest BCUT2D eigenvalue weighted by Crippen LogP contribution is -2.21. The van der Waals surface area contributed by atoms with Gasteiger partial charge in [-0.1, -0.05) is 0 Å². The molecular formula is C7H13N5. The standard InChI is InChI=1S/C7H13N5/c1-12(2)6-5-9-7-8-3-4-10-11-7/h3-4H,5-6H2,1-2H3,(H,8,9,11). The Bertz CT molecular complexity index is 210. The molecule has 0 fully saturated rings. The Morgan fingerprint density at radius 2 is 2.25 bits per heavy atom. The van der Waals surface area contributed by atoms with Gasteiger partial charge in [-0.2, -0.15) is 5.10 Å². The van der Waals surface area contributed by atoms with E-state index in [0.29, 0.717) is 5.95 Å². The summed E-state index contributed by atoms with van der Waals surface area (Å²) in [5, 5.41) is 10.5. The van der Waals surface area contributed by atoms with Crippen LogP contribution >= 0.6 is 0 Å². The monoisotopic (exact) mass is 167 g/mol. The predicted molar refractivity (Wildman–Crippen MR) is 46.9 cm³/mol. The number of likely N-dealkylation sites (N-methyl/N-ethyl adjacent to an activating group) is 1. The zero-order valence-electron chi connectivity index (χ0n) is 7.36. The number of aromatic nitrogens is 3. The summed E-state index contributed by atoms with van der Waals surface area (Å²) >= 11 is 0. The van der Waals surface area contributed by atoms with Gasteiger partial charge in [-0.3, -0.25) is 0 Å². The lowest BCUT2D eigenvalue weighted by molar-refractivity contribution is 0.425. The molecule has 0 aliphatic heterocycles. The molecule has 5 heteroatoms. The predicted octanol–water partition coefficient (Wildman–Crippen LogP) is -0.155. The third-order valence-electron chi connectivity index (χ3n) is 1.32. The normalized spacial score (nSPS) is 10.2. The number of nitrogens with zero attached hydrogens (tertiary/aromatic N) is 4. The van der Waals surface area contributed by atoms with Crippen LogP contribution in [0.2, 0.25) is 0 Å². The van der Waals surface area contributed by atoms with E-state index in [0.717, 1.165) is 13.1 Å². The maximum atomic E-state index is 3.97. The van der Waals surface area contributed by atoms with Crippen molar-refractivity contribution < 1.29 is 0 Å². The van der Waals surface area contributed by atoms with E-state index in [1.54, 1.807) is 12.4 Å². The highest BCUT2D eigenvalue weighted by Gasteiger charge is 1.93. The molecule has 0 unspecified atom stereocenters. The van der Waals surface area contributed by atoms with Crippen LogP contribution in [0.1, 0.15) is 0 Å². The number of hydrogen-bond acceptors (Lipinski definition) is 5. The molecule has 0 amide bonds. The number of anilines is 1. The summed E-state index contributed by atoms with van der Waals surface area (Å²) in [6.07, 6.45) is 3.17. The van der Waals surface area contributed by atoms with E-state index in [9.17, 15) is 0 Å². The van der Waals surface area contributed by atoms with Crippen LogP contribution in [0.15, 0.2) is 12.4 Å². The van der Waals surface area contributed by atoms with E-state index in [4.69, 9.17) is 0 Å². The van der Waals surface area contributed by atoms with Crippen molar-refractivity contribution in [1.82, 2.24) is 20.1 Å². The van der Waals surface area contributed by atoms with Crippen molar-refractivity contribution >= 4 is 5.95 Å². The lowest BCUT2D eigenvalue weighted by atomic mass is 10.6. The SMILES string of the molecule is CN(C)CCNc1nccnn1. The Kier molecular flexibility index (Phi) is 3.40. The van der Waals surface area contributed by atoms with Gasteiger partial charge in [0.1, 0.15) is 0 Å². The molecule has 0 saturated heterocycles. The summed E-state index contributed by atoms with van der Waals surface area (Å²) in [5.74, 6) is 0.583. The lowest BCUT2D eigenvalue weighted by Gasteiger charge is -2.09. The van der Waals surface area contributed by atoms with Gasteiger partial charge in [0, 0.05) is 13.1 Å². The molecule has 1 aromatic rings. The fourth-order valence-corrected chi connectivity index (χ4v) is 0.720. The number of rotatable bonds is 4. The molecule has 0 aromatic carbocycles. The molecule has 1 aromatic heterocycles. The van der Waals surface area contributed by atoms with Gasteiger partial charge in [-0.05, 0) is 14.1 Å². The van der Waals surface area contributed by atoms with Crippen molar-refractivity contribution in [3.63, 3.8) is 0 Å². The molecule has 0 bridgehead atoms. The van der Waals surface area contributed by atoms with Crippen LogP contribution in [0, 0.1) is 0 Å². The van der Waals surface area contributed by atoms with Crippen LogP contribution in [-0.2, 0) is 0 Å². The minimum absolute atomic E-state index is 0.583. The van der Waals surface area contributed by atoms with Crippen molar-refractivity contribution in [3.8, 4) is 0 Å². The van der Waals surface area contributed by atoms with Crippen LogP contribution in [0.5, 0.6) is 0 Å². The number of hydrogen-bond donors (Lipinski definition) is 1. The second-order valence-electron chi connectivity index (χ2n) is 2.70. The first-order chi connectivity index (χ1) is 5.79. The van der Waals surface area contributed by atoms with Crippen LogP contribution in [0.3, 0.4) is 0 Å². The van der Waals surface area contributed by atoms with Crippen molar-refractivity contribution in [2.45, 2.75) is 0 Å². The first kappa shape index (κ1) is 8.86. The largest absolute Gasteiger partial charge is 0.352 e. The zero-order chi connectivity index (χ0) is 8.81. The van der Waals surface area contributed by atoms with E-state index in [1.807, 2.05) is 14.1 Å². The molecule has 5 nitrogen and oxygen atoms in total. The zero-order valence-corrected chi connectivity index (χ0v) is 7.36. The molecule has 0 aliphatic carbocycles. The average molecular weight is 167 g/mol. The van der Waals surface area contributed by atoms with Crippen LogP contribution < -0.4 is 5.32 Å². The van der Waals surface area contributed by atoms with Gasteiger partial charge in [0.2, 0.25) is 5.95 Å². The van der Waals surface area contributed by atoms with Crippen LogP contribution in [0.25, 0.3) is 0 Å². The fraction of sp³-hybridized carbons (Fsp3) is 0.571. The van der Waals surface area contributed by atoms with Gasteiger partial charge < -0.3 is 10.2 Å². The van der Waals surface area contributed by atoms with Crippen LogP contribution in [-0.4, -0.2) is 47.3 Å². The Morgan fingerprint density at radius 3 is 2.83 bits per heavy atom. The molecule has 1 heterocycles. The topological polar surface area (TPSA) is 53.9 Å². The van der Waals surface area contributed by atoms with Gasteiger partial charge in [-0.15, -0.1) is 5.10 Å². The summed E-state index contributed by atoms with van der Waals surface area (Å²) < 4.78 is 0. The van der Waals surface area contributed by atoms with Gasteiger partial charge >= 0.3 is 0 Å². The van der Waals surface area contributed by atoms with E-state index in [-0.39, 0.29) is 0 Å². The summed E-state index contributed by atoms with van der Waals surface area (Å²) in [6, 6.07) is 0. The summed E-state index contributed by atoms with van der Waals surface area (Å²) in [6.45, 7) is 1.79. The second-order valence-corrected chi connectivity index (χ2v) is 2.70. The van der Waals surface area contributed by atoms with E-state index in [1.165, 1.54) is 0 Å². The molecular weight excluding hydrogens is 154 g/mol. The van der Waals surface area contributed by atoms with Crippen molar-refractivity contribution in [3.05, 3.63) is 12.4 Å². The second kappa shape index (κ2) is 4.61. The third kappa shape index (κ3) is 3.25. The first-order valence-electron chi connectivity index (χ1n) is 3.81. The van der Waals surface area contributed by atoms with Gasteiger partial charge in [0.25, 0.3) is 0 Å². The molecule has 66 valence electrons. The quantitative estimate of drug-likeness (QED) is 0.675. The molecule has 0 aliphatic rings. The summed E-state index contributed by atoms with van der Waals surface area (Å²) in [4.78, 5) is 6.06. The molecule has 12 heavy (non-hydrogen) atoms. The summed E-state index contributed by atoms with van der Waals surface area (Å²) in [7, 11) is 4.04. The smallest absolute Gasteiger partial charge is 0.242 e. The average Bonchev–Trinajstić information content (AvgIpc) is 2.05. The molecule has 0 spiro atoms. The maximum Gasteiger partial charge on any atom is 0.242 e. The highest BCUT2D eigenvalue weighted by atomic mass is 15.2. The van der Waals surface area contributed by atoms with E-state index in [2.05, 4.69) is 25.4 Å². The Morgan fingerprint density at radius 1 is 1.42 bits per heavy atom. The highest BCUT2D eigenvalue weighted by Crippen LogP contribution is 1.89. The third-order valence-corrected chi connectivity index (χ3v) is 1.32. The van der Waals surface area contributed by atoms with Crippen molar-refractivity contribution in [1.29, 1.82) is 0 Å². The van der Waals surface area contributed by atoms with E-state index >= 15 is 0 Å². The highest BCUT2D eigenvalue weighted by molar-refractivity contribution is 5.19. The van der Waals surface area contributed by atoms with Gasteiger partial charge in [0.05, 0.1) is 12.4 Å².